The van der Waals surface area contributed by atoms with Gasteiger partial charge in [-0.2, -0.15) is 0 Å². The molecule has 0 aliphatic heterocycles. The highest BCUT2D eigenvalue weighted by molar-refractivity contribution is 6.03. The summed E-state index contributed by atoms with van der Waals surface area (Å²) in [6, 6.07) is 3.98. The number of hydrogen-bond acceptors (Lipinski definition) is 2. The molecule has 2 heteroatoms. The number of allylic oxidation sites excluding steroid dienone is 1. The number of nitrogens with zero attached hydrogens (tertiary/aromatic N) is 1. The van der Waals surface area contributed by atoms with Crippen LogP contribution in [0.15, 0.2) is 30.1 Å². The molecule has 3 saturated carbocycles. The Hall–Kier alpha value is -1.44. The molecule has 23 heavy (non-hydrogen) atoms. The van der Waals surface area contributed by atoms with Crippen molar-refractivity contribution in [3.8, 4) is 0 Å². The third kappa shape index (κ3) is 1.87. The van der Waals surface area contributed by atoms with E-state index >= 15 is 0 Å². The van der Waals surface area contributed by atoms with Gasteiger partial charge in [0.25, 0.3) is 0 Å². The molecule has 0 saturated heterocycles. The molecular formula is C21H27NO. The second kappa shape index (κ2) is 4.55. The molecule has 1 aromatic rings. The van der Waals surface area contributed by atoms with E-state index in [0.29, 0.717) is 11.7 Å². The van der Waals surface area contributed by atoms with Crippen molar-refractivity contribution in [3.63, 3.8) is 0 Å². The van der Waals surface area contributed by atoms with Crippen molar-refractivity contribution in [2.45, 2.75) is 53.4 Å². The molecule has 0 amide bonds. The van der Waals surface area contributed by atoms with E-state index in [1.54, 1.807) is 6.20 Å². The quantitative estimate of drug-likeness (QED) is 0.690. The molecule has 3 unspecified atom stereocenters. The Labute approximate surface area is 139 Å². The van der Waals surface area contributed by atoms with E-state index in [1.165, 1.54) is 19.3 Å². The Morgan fingerprint density at radius 2 is 2.04 bits per heavy atom. The fourth-order valence-corrected chi connectivity index (χ4v) is 6.22. The molecule has 2 bridgehead atoms. The molecule has 3 aliphatic carbocycles. The van der Waals surface area contributed by atoms with Crippen molar-refractivity contribution in [1.82, 2.24) is 4.98 Å². The molecule has 0 radical (unpaired) electrons. The Bertz CT molecular complexity index is 685. The van der Waals surface area contributed by atoms with Gasteiger partial charge < -0.3 is 0 Å². The maximum Gasteiger partial charge on any atom is 0.163 e. The zero-order valence-electron chi connectivity index (χ0n) is 14.7. The standard InChI is InChI=1S/C21H27NO/c1-19(2)11-15(10-14-6-5-9-22-13-14)17(23)18-20(3,4)16-7-8-21(18,19)12-16/h5-6,9-10,13,16,18H,7-8,11-12H2,1-4H3/b15-10-. The molecule has 1 aromatic heterocycles. The number of Topliss-reactive ketones (excluding diaryl/α,β-unsaturated/α-hetero) is 1. The molecule has 3 fully saturated rings. The molecule has 3 aliphatic rings. The predicted octanol–water partition coefficient (Wildman–Crippen LogP) is 4.91. The molecule has 1 heterocycles. The lowest BCUT2D eigenvalue weighted by atomic mass is 9.48. The van der Waals surface area contributed by atoms with E-state index in [1.807, 2.05) is 18.3 Å². The summed E-state index contributed by atoms with van der Waals surface area (Å²) in [4.78, 5) is 17.6. The number of rotatable bonds is 1. The van der Waals surface area contributed by atoms with Gasteiger partial charge in [-0.3, -0.25) is 9.78 Å². The van der Waals surface area contributed by atoms with Gasteiger partial charge in [-0.05, 0) is 71.1 Å². The van der Waals surface area contributed by atoms with Crippen LogP contribution in [-0.2, 0) is 4.79 Å². The largest absolute Gasteiger partial charge is 0.294 e. The van der Waals surface area contributed by atoms with E-state index in [4.69, 9.17) is 0 Å². The van der Waals surface area contributed by atoms with E-state index in [0.717, 1.165) is 17.6 Å². The zero-order chi connectivity index (χ0) is 16.5. The second-order valence-electron chi connectivity index (χ2n) is 9.23. The second-order valence-corrected chi connectivity index (χ2v) is 9.23. The van der Waals surface area contributed by atoms with Gasteiger partial charge in [0, 0.05) is 18.3 Å². The normalized spacial score (nSPS) is 38.8. The van der Waals surface area contributed by atoms with Crippen molar-refractivity contribution < 1.29 is 4.79 Å². The first-order chi connectivity index (χ1) is 10.8. The topological polar surface area (TPSA) is 30.0 Å². The highest BCUT2D eigenvalue weighted by Crippen LogP contribution is 2.75. The van der Waals surface area contributed by atoms with Crippen molar-refractivity contribution in [2.24, 2.45) is 28.1 Å². The van der Waals surface area contributed by atoms with Crippen LogP contribution in [0.3, 0.4) is 0 Å². The smallest absolute Gasteiger partial charge is 0.163 e. The van der Waals surface area contributed by atoms with Crippen LogP contribution in [0.5, 0.6) is 0 Å². The van der Waals surface area contributed by atoms with Crippen molar-refractivity contribution in [3.05, 3.63) is 35.7 Å². The Balaban J connectivity index is 1.81. The van der Waals surface area contributed by atoms with E-state index < -0.39 is 0 Å². The summed E-state index contributed by atoms with van der Waals surface area (Å²) in [6.07, 6.45) is 10.4. The monoisotopic (exact) mass is 309 g/mol. The van der Waals surface area contributed by atoms with E-state index in [9.17, 15) is 4.79 Å². The zero-order valence-corrected chi connectivity index (χ0v) is 14.7. The fraction of sp³-hybridized carbons (Fsp3) is 0.619. The molecule has 122 valence electrons. The predicted molar refractivity (Wildman–Crippen MR) is 92.7 cm³/mol. The first-order valence-electron chi connectivity index (χ1n) is 8.93. The van der Waals surface area contributed by atoms with E-state index in [2.05, 4.69) is 38.8 Å². The summed E-state index contributed by atoms with van der Waals surface area (Å²) >= 11 is 0. The summed E-state index contributed by atoms with van der Waals surface area (Å²) in [5, 5.41) is 0. The van der Waals surface area contributed by atoms with Gasteiger partial charge in [0.15, 0.2) is 5.78 Å². The van der Waals surface area contributed by atoms with Gasteiger partial charge in [-0.25, -0.2) is 0 Å². The fourth-order valence-electron chi connectivity index (χ4n) is 6.22. The van der Waals surface area contributed by atoms with Crippen LogP contribution < -0.4 is 0 Å². The summed E-state index contributed by atoms with van der Waals surface area (Å²) in [5.74, 6) is 1.33. The van der Waals surface area contributed by atoms with Crippen molar-refractivity contribution in [2.75, 3.05) is 0 Å². The third-order valence-corrected chi connectivity index (χ3v) is 7.48. The van der Waals surface area contributed by atoms with Gasteiger partial charge in [0.05, 0.1) is 0 Å². The van der Waals surface area contributed by atoms with Gasteiger partial charge in [-0.1, -0.05) is 33.8 Å². The maximum absolute atomic E-state index is 13.4. The third-order valence-electron chi connectivity index (χ3n) is 7.48. The molecule has 1 spiro atoms. The van der Waals surface area contributed by atoms with E-state index in [-0.39, 0.29) is 22.2 Å². The lowest BCUT2D eigenvalue weighted by molar-refractivity contribution is -0.139. The lowest BCUT2D eigenvalue weighted by Gasteiger charge is -2.55. The van der Waals surface area contributed by atoms with Crippen LogP contribution in [0.1, 0.15) is 58.9 Å². The minimum absolute atomic E-state index is 0.140. The van der Waals surface area contributed by atoms with Crippen LogP contribution in [-0.4, -0.2) is 10.8 Å². The van der Waals surface area contributed by atoms with Gasteiger partial charge in [-0.15, -0.1) is 0 Å². The van der Waals surface area contributed by atoms with Crippen LogP contribution in [0.4, 0.5) is 0 Å². The average Bonchev–Trinajstić information content (AvgIpc) is 3.01. The highest BCUT2D eigenvalue weighted by Gasteiger charge is 2.70. The van der Waals surface area contributed by atoms with Crippen LogP contribution in [0, 0.1) is 28.1 Å². The SMILES string of the molecule is CC1(C)C2CCC3(C2)C1C(=O)/C(=C\c1cccnc1)CC3(C)C. The van der Waals surface area contributed by atoms with Crippen molar-refractivity contribution in [1.29, 1.82) is 0 Å². The minimum atomic E-state index is 0.140. The molecule has 0 N–H and O–H groups in total. The maximum atomic E-state index is 13.4. The van der Waals surface area contributed by atoms with Crippen molar-refractivity contribution >= 4 is 11.9 Å². The summed E-state index contributed by atoms with van der Waals surface area (Å²) in [7, 11) is 0. The summed E-state index contributed by atoms with van der Waals surface area (Å²) in [5.41, 5.74) is 2.62. The number of carbonyl (C=O) groups is 1. The lowest BCUT2D eigenvalue weighted by Crippen LogP contribution is -2.53. The summed E-state index contributed by atoms with van der Waals surface area (Å²) < 4.78 is 0. The Morgan fingerprint density at radius 1 is 1.26 bits per heavy atom. The molecule has 2 nitrogen and oxygen atoms in total. The van der Waals surface area contributed by atoms with Gasteiger partial charge in [0.2, 0.25) is 0 Å². The number of pyridine rings is 1. The minimum Gasteiger partial charge on any atom is -0.294 e. The molecular weight excluding hydrogens is 282 g/mol. The Kier molecular flexibility index (Phi) is 2.99. The number of ketones is 1. The van der Waals surface area contributed by atoms with Crippen LogP contribution >= 0.6 is 0 Å². The number of aromatic nitrogens is 1. The molecule has 4 rings (SSSR count). The first kappa shape index (κ1) is 15.1. The van der Waals surface area contributed by atoms with Gasteiger partial charge in [0.1, 0.15) is 0 Å². The average molecular weight is 309 g/mol. The molecule has 3 atom stereocenters. The number of fused-ring (bicyclic) bond motifs is 1. The molecule has 0 aromatic carbocycles. The first-order valence-corrected chi connectivity index (χ1v) is 8.93. The highest BCUT2D eigenvalue weighted by atomic mass is 16.1. The Morgan fingerprint density at radius 3 is 2.74 bits per heavy atom. The number of hydrogen-bond donors (Lipinski definition) is 0. The number of carbonyl (C=O) groups excluding carboxylic acids is 1. The van der Waals surface area contributed by atoms with Crippen LogP contribution in [0.2, 0.25) is 0 Å². The summed E-state index contributed by atoms with van der Waals surface area (Å²) in [6.45, 7) is 9.47. The van der Waals surface area contributed by atoms with Gasteiger partial charge >= 0.3 is 0 Å². The van der Waals surface area contributed by atoms with Crippen LogP contribution in [0.25, 0.3) is 6.08 Å².